The Morgan fingerprint density at radius 3 is 2.25 bits per heavy atom. The Hall–Kier alpha value is -0.410. The van der Waals surface area contributed by atoms with E-state index in [1.165, 1.54) is 0 Å². The summed E-state index contributed by atoms with van der Waals surface area (Å²) in [5.41, 5.74) is -0.127. The first-order valence-corrected chi connectivity index (χ1v) is 4.32. The zero-order valence-corrected chi connectivity index (χ0v) is 8.35. The molecule has 0 rings (SSSR count). The molecule has 72 valence electrons. The van der Waals surface area contributed by atoms with Gasteiger partial charge in [-0.2, -0.15) is 0 Å². The van der Waals surface area contributed by atoms with Gasteiger partial charge in [0.05, 0.1) is 12.6 Å². The number of hydrogen-bond acceptors (Lipinski definition) is 3. The number of carbonyl (C=O) groups excluding carboxylic acids is 1. The fourth-order valence-electron chi connectivity index (χ4n) is 0.997. The lowest BCUT2D eigenvalue weighted by atomic mass is 10.0. The van der Waals surface area contributed by atoms with E-state index in [0.717, 1.165) is 0 Å². The SMILES string of the molecule is CCC(=O)[C@H](CO)NC(C)(C)C. The third-order valence-electron chi connectivity index (χ3n) is 1.53. The first-order chi connectivity index (χ1) is 5.40. The molecule has 1 atom stereocenters. The maximum Gasteiger partial charge on any atom is 0.151 e. The zero-order valence-electron chi connectivity index (χ0n) is 8.35. The average Bonchev–Trinajstić information content (AvgIpc) is 1.97. The van der Waals surface area contributed by atoms with E-state index < -0.39 is 6.04 Å². The van der Waals surface area contributed by atoms with Gasteiger partial charge in [-0.15, -0.1) is 0 Å². The van der Waals surface area contributed by atoms with Gasteiger partial charge < -0.3 is 10.4 Å². The predicted molar refractivity (Wildman–Crippen MR) is 49.1 cm³/mol. The van der Waals surface area contributed by atoms with E-state index in [2.05, 4.69) is 5.32 Å². The number of aliphatic hydroxyl groups is 1. The third-order valence-corrected chi connectivity index (χ3v) is 1.53. The van der Waals surface area contributed by atoms with Crippen molar-refractivity contribution in [2.24, 2.45) is 0 Å². The first-order valence-electron chi connectivity index (χ1n) is 4.32. The summed E-state index contributed by atoms with van der Waals surface area (Å²) in [6.07, 6.45) is 0.467. The van der Waals surface area contributed by atoms with Crippen molar-refractivity contribution in [2.75, 3.05) is 6.61 Å². The van der Waals surface area contributed by atoms with Crippen molar-refractivity contribution in [3.05, 3.63) is 0 Å². The number of nitrogens with one attached hydrogen (secondary N) is 1. The van der Waals surface area contributed by atoms with Crippen molar-refractivity contribution in [2.45, 2.75) is 45.7 Å². The summed E-state index contributed by atoms with van der Waals surface area (Å²) in [7, 11) is 0. The normalized spacial score (nSPS) is 14.4. The molecule has 0 aromatic heterocycles. The van der Waals surface area contributed by atoms with E-state index in [1.807, 2.05) is 20.8 Å². The Bertz CT molecular complexity index is 149. The van der Waals surface area contributed by atoms with E-state index in [9.17, 15) is 4.79 Å². The summed E-state index contributed by atoms with van der Waals surface area (Å²) < 4.78 is 0. The van der Waals surface area contributed by atoms with Crippen LogP contribution in [0, 0.1) is 0 Å². The second-order valence-electron chi connectivity index (χ2n) is 3.95. The smallest absolute Gasteiger partial charge is 0.151 e. The van der Waals surface area contributed by atoms with Crippen molar-refractivity contribution in [3.8, 4) is 0 Å². The van der Waals surface area contributed by atoms with E-state index in [0.29, 0.717) is 6.42 Å². The highest BCUT2D eigenvalue weighted by atomic mass is 16.3. The zero-order chi connectivity index (χ0) is 9.78. The molecule has 0 bridgehead atoms. The molecule has 3 heteroatoms. The van der Waals surface area contributed by atoms with Crippen LogP contribution >= 0.6 is 0 Å². The van der Waals surface area contributed by atoms with Crippen LogP contribution in [0.3, 0.4) is 0 Å². The summed E-state index contributed by atoms with van der Waals surface area (Å²) in [5, 5.41) is 12.0. The van der Waals surface area contributed by atoms with E-state index in [1.54, 1.807) is 6.92 Å². The van der Waals surface area contributed by atoms with Gasteiger partial charge in [-0.1, -0.05) is 6.92 Å². The van der Waals surface area contributed by atoms with Gasteiger partial charge in [0.15, 0.2) is 5.78 Å². The van der Waals surface area contributed by atoms with Crippen molar-refractivity contribution in [1.29, 1.82) is 0 Å². The van der Waals surface area contributed by atoms with Crippen LogP contribution in [0.1, 0.15) is 34.1 Å². The fraction of sp³-hybridized carbons (Fsp3) is 0.889. The highest BCUT2D eigenvalue weighted by Gasteiger charge is 2.21. The van der Waals surface area contributed by atoms with Crippen LogP contribution in [0.5, 0.6) is 0 Å². The van der Waals surface area contributed by atoms with Gasteiger partial charge in [-0.05, 0) is 20.8 Å². The number of Topliss-reactive ketones (excluding diaryl/α,β-unsaturated/α-hetero) is 1. The van der Waals surface area contributed by atoms with Gasteiger partial charge in [0.2, 0.25) is 0 Å². The summed E-state index contributed by atoms with van der Waals surface area (Å²) in [5.74, 6) is 0.0624. The first kappa shape index (κ1) is 11.6. The molecular weight excluding hydrogens is 154 g/mol. The summed E-state index contributed by atoms with van der Waals surface area (Å²) in [4.78, 5) is 11.2. The molecule has 2 N–H and O–H groups in total. The molecule has 0 fully saturated rings. The van der Waals surface area contributed by atoms with E-state index in [4.69, 9.17) is 5.11 Å². The van der Waals surface area contributed by atoms with E-state index >= 15 is 0 Å². The van der Waals surface area contributed by atoms with Gasteiger partial charge in [0.1, 0.15) is 0 Å². The number of ketones is 1. The van der Waals surface area contributed by atoms with Crippen molar-refractivity contribution < 1.29 is 9.90 Å². The lowest BCUT2D eigenvalue weighted by molar-refractivity contribution is -0.122. The second-order valence-corrected chi connectivity index (χ2v) is 3.95. The Balaban J connectivity index is 4.09. The number of aliphatic hydroxyl groups excluding tert-OH is 1. The maximum absolute atomic E-state index is 11.2. The molecule has 0 heterocycles. The van der Waals surface area contributed by atoms with Gasteiger partial charge >= 0.3 is 0 Å². The lowest BCUT2D eigenvalue weighted by Crippen LogP contribution is -2.49. The van der Waals surface area contributed by atoms with Gasteiger partial charge in [0, 0.05) is 12.0 Å². The molecule has 0 unspecified atom stereocenters. The lowest BCUT2D eigenvalue weighted by Gasteiger charge is -2.26. The predicted octanol–water partition coefficient (Wildman–Crippen LogP) is 0.714. The second kappa shape index (κ2) is 4.58. The van der Waals surface area contributed by atoms with Gasteiger partial charge in [0.25, 0.3) is 0 Å². The largest absolute Gasteiger partial charge is 0.394 e. The molecule has 12 heavy (non-hydrogen) atoms. The van der Waals surface area contributed by atoms with Crippen LogP contribution < -0.4 is 5.32 Å². The number of carbonyl (C=O) groups is 1. The topological polar surface area (TPSA) is 49.3 Å². The quantitative estimate of drug-likeness (QED) is 0.658. The van der Waals surface area contributed by atoms with Crippen LogP contribution in [0.4, 0.5) is 0 Å². The molecule has 0 radical (unpaired) electrons. The van der Waals surface area contributed by atoms with Crippen molar-refractivity contribution >= 4 is 5.78 Å². The Labute approximate surface area is 74.2 Å². The average molecular weight is 173 g/mol. The van der Waals surface area contributed by atoms with E-state index in [-0.39, 0.29) is 17.9 Å². The molecule has 0 aliphatic heterocycles. The monoisotopic (exact) mass is 173 g/mol. The highest BCUT2D eigenvalue weighted by molar-refractivity contribution is 5.83. The highest BCUT2D eigenvalue weighted by Crippen LogP contribution is 2.02. The summed E-state index contributed by atoms with van der Waals surface area (Å²) in [6, 6.07) is -0.407. The minimum absolute atomic E-state index is 0.0624. The Morgan fingerprint density at radius 1 is 1.50 bits per heavy atom. The molecule has 0 aliphatic rings. The van der Waals surface area contributed by atoms with Crippen molar-refractivity contribution in [1.82, 2.24) is 5.32 Å². The van der Waals surface area contributed by atoms with Gasteiger partial charge in [-0.25, -0.2) is 0 Å². The van der Waals surface area contributed by atoms with Crippen LogP contribution in [0.25, 0.3) is 0 Å². The third kappa shape index (κ3) is 4.46. The summed E-state index contributed by atoms with van der Waals surface area (Å²) >= 11 is 0. The minimum atomic E-state index is -0.407. The van der Waals surface area contributed by atoms with Crippen molar-refractivity contribution in [3.63, 3.8) is 0 Å². The van der Waals surface area contributed by atoms with Crippen LogP contribution in [0.15, 0.2) is 0 Å². The van der Waals surface area contributed by atoms with Gasteiger partial charge in [-0.3, -0.25) is 4.79 Å². The molecule has 0 aromatic rings. The van der Waals surface area contributed by atoms with Crippen LogP contribution in [0.2, 0.25) is 0 Å². The Morgan fingerprint density at radius 2 is 2.00 bits per heavy atom. The standard InChI is InChI=1S/C9H19NO2/c1-5-8(12)7(6-11)10-9(2,3)4/h7,10-11H,5-6H2,1-4H3/t7-/m0/s1. The minimum Gasteiger partial charge on any atom is -0.394 e. The number of rotatable bonds is 4. The summed E-state index contributed by atoms with van der Waals surface area (Å²) in [6.45, 7) is 7.59. The molecule has 0 spiro atoms. The maximum atomic E-state index is 11.2. The molecule has 0 aromatic carbocycles. The van der Waals surface area contributed by atoms with Crippen LogP contribution in [-0.2, 0) is 4.79 Å². The molecule has 0 amide bonds. The van der Waals surface area contributed by atoms with Crippen LogP contribution in [-0.4, -0.2) is 29.1 Å². The molecular formula is C9H19NO2. The molecule has 0 saturated carbocycles. The molecule has 3 nitrogen and oxygen atoms in total. The number of hydrogen-bond donors (Lipinski definition) is 2. The molecule has 0 saturated heterocycles. The fourth-order valence-corrected chi connectivity index (χ4v) is 0.997. The Kier molecular flexibility index (Phi) is 4.42. The molecule has 0 aliphatic carbocycles.